The minimum atomic E-state index is -0.593. The summed E-state index contributed by atoms with van der Waals surface area (Å²) in [6.07, 6.45) is 2.44. The van der Waals surface area contributed by atoms with Gasteiger partial charge in [0.1, 0.15) is 17.3 Å². The molecule has 2 aromatic carbocycles. The molecule has 1 heterocycles. The molecular weight excluding hydrogens is 385 g/mol. The Bertz CT molecular complexity index is 878. The predicted octanol–water partition coefficient (Wildman–Crippen LogP) is 3.11. The van der Waals surface area contributed by atoms with Gasteiger partial charge in [-0.3, -0.25) is 9.59 Å². The Labute approximate surface area is 176 Å². The zero-order valence-corrected chi connectivity index (χ0v) is 17.2. The minimum Gasteiger partial charge on any atom is -0.457 e. The lowest BCUT2D eigenvalue weighted by Crippen LogP contribution is -2.40. The van der Waals surface area contributed by atoms with Crippen molar-refractivity contribution in [2.75, 3.05) is 26.2 Å². The predicted molar refractivity (Wildman–Crippen MR) is 113 cm³/mol. The number of hydrogen-bond acceptors (Lipinski definition) is 4. The number of carbonyl (C=O) groups is 2. The lowest BCUT2D eigenvalue weighted by Gasteiger charge is -2.31. The molecule has 0 bridgehead atoms. The highest BCUT2D eigenvalue weighted by Crippen LogP contribution is 2.24. The lowest BCUT2D eigenvalue weighted by atomic mass is 9.96. The van der Waals surface area contributed by atoms with E-state index >= 15 is 0 Å². The number of amides is 2. The first-order chi connectivity index (χ1) is 14.5. The molecule has 1 aliphatic rings. The molecule has 3 rings (SSSR count). The van der Waals surface area contributed by atoms with Crippen molar-refractivity contribution in [1.29, 1.82) is 0 Å². The van der Waals surface area contributed by atoms with E-state index < -0.39 is 11.7 Å². The Balaban J connectivity index is 1.57. The van der Waals surface area contributed by atoms with E-state index in [1.54, 1.807) is 11.8 Å². The Morgan fingerprint density at radius 2 is 1.80 bits per heavy atom. The van der Waals surface area contributed by atoms with E-state index in [0.29, 0.717) is 37.7 Å². The smallest absolute Gasteiger partial charge is 0.254 e. The third kappa shape index (κ3) is 5.79. The molecule has 160 valence electrons. The van der Waals surface area contributed by atoms with Gasteiger partial charge in [-0.2, -0.15) is 0 Å². The molecule has 1 saturated heterocycles. The summed E-state index contributed by atoms with van der Waals surface area (Å²) in [4.78, 5) is 25.7. The Hall–Kier alpha value is -2.93. The molecule has 7 heteroatoms. The van der Waals surface area contributed by atoms with Gasteiger partial charge in [-0.1, -0.05) is 12.1 Å². The maximum atomic E-state index is 14.2. The molecule has 0 saturated carbocycles. The van der Waals surface area contributed by atoms with E-state index in [1.807, 2.05) is 24.3 Å². The highest BCUT2D eigenvalue weighted by molar-refractivity contribution is 5.94. The largest absolute Gasteiger partial charge is 0.457 e. The highest BCUT2D eigenvalue weighted by atomic mass is 19.1. The van der Waals surface area contributed by atoms with Gasteiger partial charge in [0.25, 0.3) is 5.91 Å². The highest BCUT2D eigenvalue weighted by Gasteiger charge is 2.22. The van der Waals surface area contributed by atoms with E-state index in [1.165, 1.54) is 18.2 Å². The van der Waals surface area contributed by atoms with Crippen LogP contribution in [0.1, 0.15) is 35.7 Å². The molecule has 0 unspecified atom stereocenters. The zero-order chi connectivity index (χ0) is 21.5. The van der Waals surface area contributed by atoms with Gasteiger partial charge < -0.3 is 20.7 Å². The van der Waals surface area contributed by atoms with Crippen LogP contribution in [0, 0.1) is 11.7 Å². The fourth-order valence-corrected chi connectivity index (χ4v) is 3.55. The van der Waals surface area contributed by atoms with Gasteiger partial charge in [0.15, 0.2) is 0 Å². The lowest BCUT2D eigenvalue weighted by molar-refractivity contribution is -0.130. The summed E-state index contributed by atoms with van der Waals surface area (Å²) < 4.78 is 20.0. The van der Waals surface area contributed by atoms with Gasteiger partial charge >= 0.3 is 0 Å². The summed E-state index contributed by atoms with van der Waals surface area (Å²) in [6, 6.07) is 11.6. The van der Waals surface area contributed by atoms with Crippen molar-refractivity contribution in [2.24, 2.45) is 11.7 Å². The molecule has 1 aliphatic heterocycles. The third-order valence-corrected chi connectivity index (χ3v) is 5.39. The third-order valence-electron chi connectivity index (χ3n) is 5.39. The van der Waals surface area contributed by atoms with Crippen molar-refractivity contribution in [1.82, 2.24) is 10.2 Å². The Morgan fingerprint density at radius 3 is 2.43 bits per heavy atom. The van der Waals surface area contributed by atoms with Crippen LogP contribution < -0.4 is 15.8 Å². The number of rotatable bonds is 7. The SMILES string of the molecule is CC(=O)N1CCC(CNC(=O)c2cc(Oc3ccc(CCN)cc3)ccc2F)CC1. The van der Waals surface area contributed by atoms with E-state index in [-0.39, 0.29) is 17.4 Å². The van der Waals surface area contributed by atoms with Crippen LogP contribution in [-0.4, -0.2) is 42.9 Å². The summed E-state index contributed by atoms with van der Waals surface area (Å²) >= 11 is 0. The zero-order valence-electron chi connectivity index (χ0n) is 17.2. The molecule has 30 heavy (non-hydrogen) atoms. The van der Waals surface area contributed by atoms with Crippen molar-refractivity contribution in [3.63, 3.8) is 0 Å². The van der Waals surface area contributed by atoms with Crippen LogP contribution in [0.2, 0.25) is 0 Å². The molecule has 0 radical (unpaired) electrons. The summed E-state index contributed by atoms with van der Waals surface area (Å²) in [5.74, 6) is 0.285. The van der Waals surface area contributed by atoms with Gasteiger partial charge in [-0.25, -0.2) is 4.39 Å². The summed E-state index contributed by atoms with van der Waals surface area (Å²) in [5.41, 5.74) is 6.61. The number of nitrogens with zero attached hydrogens (tertiary/aromatic N) is 1. The Kier molecular flexibility index (Phi) is 7.41. The molecule has 2 amide bonds. The number of nitrogens with one attached hydrogen (secondary N) is 1. The monoisotopic (exact) mass is 413 g/mol. The second-order valence-electron chi connectivity index (χ2n) is 7.59. The molecule has 1 fully saturated rings. The quantitative estimate of drug-likeness (QED) is 0.731. The van der Waals surface area contributed by atoms with Crippen molar-refractivity contribution >= 4 is 11.8 Å². The molecule has 2 aromatic rings. The number of benzene rings is 2. The van der Waals surface area contributed by atoms with Crippen LogP contribution in [0.3, 0.4) is 0 Å². The minimum absolute atomic E-state index is 0.0478. The van der Waals surface area contributed by atoms with Gasteiger partial charge in [0.05, 0.1) is 5.56 Å². The normalized spacial score (nSPS) is 14.4. The summed E-state index contributed by atoms with van der Waals surface area (Å²) in [7, 11) is 0. The average Bonchev–Trinajstić information content (AvgIpc) is 2.75. The maximum absolute atomic E-state index is 14.2. The summed E-state index contributed by atoms with van der Waals surface area (Å²) in [6.45, 7) is 3.98. The maximum Gasteiger partial charge on any atom is 0.254 e. The van der Waals surface area contributed by atoms with Crippen molar-refractivity contribution in [3.8, 4) is 11.5 Å². The van der Waals surface area contributed by atoms with Crippen LogP contribution in [-0.2, 0) is 11.2 Å². The standard InChI is InChI=1S/C23H28FN3O3/c1-16(28)27-12-9-18(10-13-27)15-26-23(29)21-14-20(6-7-22(21)24)30-19-4-2-17(3-5-19)8-11-25/h2-7,14,18H,8-13,15,25H2,1H3,(H,26,29). The molecule has 3 N–H and O–H groups in total. The van der Waals surface area contributed by atoms with Crippen LogP contribution in [0.25, 0.3) is 0 Å². The van der Waals surface area contributed by atoms with Gasteiger partial charge in [-0.05, 0) is 67.6 Å². The number of ether oxygens (including phenoxy) is 1. The molecule has 0 atom stereocenters. The van der Waals surface area contributed by atoms with Crippen LogP contribution in [0.15, 0.2) is 42.5 Å². The van der Waals surface area contributed by atoms with Crippen LogP contribution in [0.5, 0.6) is 11.5 Å². The number of likely N-dealkylation sites (tertiary alicyclic amines) is 1. The second kappa shape index (κ2) is 10.2. The van der Waals surface area contributed by atoms with E-state index in [2.05, 4.69) is 5.32 Å². The number of nitrogens with two attached hydrogens (primary N) is 1. The van der Waals surface area contributed by atoms with Gasteiger partial charge in [0.2, 0.25) is 5.91 Å². The average molecular weight is 413 g/mol. The molecular formula is C23H28FN3O3. The van der Waals surface area contributed by atoms with Crippen molar-refractivity contribution in [3.05, 3.63) is 59.4 Å². The van der Waals surface area contributed by atoms with E-state index in [9.17, 15) is 14.0 Å². The number of hydrogen-bond donors (Lipinski definition) is 2. The topological polar surface area (TPSA) is 84.7 Å². The van der Waals surface area contributed by atoms with E-state index in [0.717, 1.165) is 24.8 Å². The first kappa shape index (κ1) is 21.8. The fourth-order valence-electron chi connectivity index (χ4n) is 3.55. The Morgan fingerprint density at radius 1 is 1.13 bits per heavy atom. The van der Waals surface area contributed by atoms with Crippen LogP contribution >= 0.6 is 0 Å². The van der Waals surface area contributed by atoms with Gasteiger partial charge in [-0.15, -0.1) is 0 Å². The molecule has 0 aliphatic carbocycles. The van der Waals surface area contributed by atoms with Crippen molar-refractivity contribution < 1.29 is 18.7 Å². The first-order valence-electron chi connectivity index (χ1n) is 10.3. The second-order valence-corrected chi connectivity index (χ2v) is 7.59. The molecule has 0 aromatic heterocycles. The van der Waals surface area contributed by atoms with Gasteiger partial charge in [0, 0.05) is 26.6 Å². The fraction of sp³-hybridized carbons (Fsp3) is 0.391. The van der Waals surface area contributed by atoms with Crippen LogP contribution in [0.4, 0.5) is 4.39 Å². The van der Waals surface area contributed by atoms with E-state index in [4.69, 9.17) is 10.5 Å². The molecule has 0 spiro atoms. The number of carbonyl (C=O) groups excluding carboxylic acids is 2. The number of halogens is 1. The molecule has 6 nitrogen and oxygen atoms in total. The number of piperidine rings is 1. The summed E-state index contributed by atoms with van der Waals surface area (Å²) in [5, 5.41) is 2.82. The first-order valence-corrected chi connectivity index (χ1v) is 10.3. The van der Waals surface area contributed by atoms with Crippen molar-refractivity contribution in [2.45, 2.75) is 26.2 Å².